The second-order valence-electron chi connectivity index (χ2n) is 10.9. The quantitative estimate of drug-likeness (QED) is 0.603. The number of halogens is 2. The van der Waals surface area contributed by atoms with Crippen LogP contribution < -0.4 is 4.90 Å². The van der Waals surface area contributed by atoms with Gasteiger partial charge in [-0.2, -0.15) is 5.10 Å². The van der Waals surface area contributed by atoms with E-state index in [1.807, 2.05) is 6.07 Å². The Morgan fingerprint density at radius 3 is 2.73 bits per heavy atom. The molecule has 0 unspecified atom stereocenters. The van der Waals surface area contributed by atoms with Crippen LogP contribution in [0, 0.1) is 16.7 Å². The summed E-state index contributed by atoms with van der Waals surface area (Å²) in [5.41, 5.74) is 4.79. The Balaban J connectivity index is 1.27. The normalized spacial score (nSPS) is 27.1. The fourth-order valence-electron chi connectivity index (χ4n) is 5.74. The summed E-state index contributed by atoms with van der Waals surface area (Å²) in [7, 11) is 1.68. The lowest BCUT2D eigenvalue weighted by Crippen LogP contribution is -2.44. The lowest BCUT2D eigenvalue weighted by atomic mass is 9.73. The highest BCUT2D eigenvalue weighted by atomic mass is 19.3. The molecule has 3 aromatic rings. The predicted octanol–water partition coefficient (Wildman–Crippen LogP) is 4.65. The van der Waals surface area contributed by atoms with Crippen molar-refractivity contribution in [1.82, 2.24) is 25.1 Å². The largest absolute Gasteiger partial charge is 0.335 e. The molecular weight excluding hydrogens is 426 g/mol. The van der Waals surface area contributed by atoms with Gasteiger partial charge < -0.3 is 9.88 Å². The van der Waals surface area contributed by atoms with Gasteiger partial charge in [0.05, 0.1) is 17.4 Å². The monoisotopic (exact) mass is 454 g/mol. The molecule has 0 saturated heterocycles. The van der Waals surface area contributed by atoms with Gasteiger partial charge in [0.15, 0.2) is 11.5 Å². The van der Waals surface area contributed by atoms with E-state index in [0.29, 0.717) is 28.1 Å². The Labute approximate surface area is 190 Å². The molecule has 9 heteroatoms. The van der Waals surface area contributed by atoms with Crippen molar-refractivity contribution in [1.29, 1.82) is 0 Å². The van der Waals surface area contributed by atoms with Gasteiger partial charge >= 0.3 is 0 Å². The molecule has 6 rings (SSSR count). The molecule has 3 aliphatic rings. The summed E-state index contributed by atoms with van der Waals surface area (Å²) >= 11 is 0. The van der Waals surface area contributed by atoms with Crippen LogP contribution in [0.15, 0.2) is 12.3 Å². The fourth-order valence-corrected chi connectivity index (χ4v) is 5.74. The van der Waals surface area contributed by atoms with Crippen molar-refractivity contribution in [3.63, 3.8) is 0 Å². The van der Waals surface area contributed by atoms with Crippen molar-refractivity contribution >= 4 is 22.8 Å². The van der Waals surface area contributed by atoms with Crippen LogP contribution in [0.5, 0.6) is 0 Å². The van der Waals surface area contributed by atoms with Gasteiger partial charge in [-0.25, -0.2) is 18.7 Å². The van der Waals surface area contributed by atoms with Crippen molar-refractivity contribution in [2.45, 2.75) is 64.7 Å². The highest BCUT2D eigenvalue weighted by Crippen LogP contribution is 2.59. The number of rotatable bonds is 3. The Morgan fingerprint density at radius 2 is 1.97 bits per heavy atom. The van der Waals surface area contributed by atoms with E-state index in [1.165, 1.54) is 22.6 Å². The molecule has 7 nitrogen and oxygen atoms in total. The van der Waals surface area contributed by atoms with Gasteiger partial charge in [0.25, 0.3) is 0 Å². The van der Waals surface area contributed by atoms with Crippen LogP contribution >= 0.6 is 0 Å². The van der Waals surface area contributed by atoms with E-state index in [1.54, 1.807) is 20.2 Å². The molecular formula is C24H28F2N6O. The number of nitrogens with one attached hydrogen (secondary N) is 2. The van der Waals surface area contributed by atoms with E-state index in [2.05, 4.69) is 32.1 Å². The van der Waals surface area contributed by atoms with Crippen LogP contribution in [0.4, 0.5) is 14.5 Å². The van der Waals surface area contributed by atoms with E-state index in [-0.39, 0.29) is 31.6 Å². The second-order valence-corrected chi connectivity index (χ2v) is 10.9. The zero-order chi connectivity index (χ0) is 23.2. The highest BCUT2D eigenvalue weighted by Gasteiger charge is 2.53. The smallest absolute Gasteiger partial charge is 0.248 e. The number of H-pyrrole nitrogens is 2. The van der Waals surface area contributed by atoms with Crippen LogP contribution in [0.3, 0.4) is 0 Å². The van der Waals surface area contributed by atoms with Crippen molar-refractivity contribution in [2.75, 3.05) is 11.9 Å². The van der Waals surface area contributed by atoms with E-state index >= 15 is 0 Å². The first kappa shape index (κ1) is 20.7. The number of anilines is 1. The number of hydrogen-bond acceptors (Lipinski definition) is 4. The molecule has 0 bridgehead atoms. The molecule has 2 fully saturated rings. The Morgan fingerprint density at radius 1 is 1.21 bits per heavy atom. The minimum absolute atomic E-state index is 0.159. The molecule has 3 aromatic heterocycles. The molecule has 0 aromatic carbocycles. The minimum Gasteiger partial charge on any atom is -0.335 e. The number of aromatic amines is 2. The number of alkyl halides is 2. The van der Waals surface area contributed by atoms with Crippen LogP contribution in [-0.4, -0.2) is 44.0 Å². The van der Waals surface area contributed by atoms with E-state index < -0.39 is 11.3 Å². The highest BCUT2D eigenvalue weighted by molar-refractivity contribution is 5.98. The molecule has 3 heterocycles. The first-order valence-electron chi connectivity index (χ1n) is 11.7. The maximum Gasteiger partial charge on any atom is 0.248 e. The van der Waals surface area contributed by atoms with Gasteiger partial charge in [-0.1, -0.05) is 13.8 Å². The summed E-state index contributed by atoms with van der Waals surface area (Å²) in [6.45, 7) is 4.12. The summed E-state index contributed by atoms with van der Waals surface area (Å²) in [6.07, 6.45) is 4.77. The molecule has 3 aliphatic carbocycles. The van der Waals surface area contributed by atoms with Gasteiger partial charge in [0, 0.05) is 36.6 Å². The van der Waals surface area contributed by atoms with Crippen molar-refractivity contribution in [2.24, 2.45) is 16.7 Å². The summed E-state index contributed by atoms with van der Waals surface area (Å²) in [5.74, 6) is -1.44. The Kier molecular flexibility index (Phi) is 4.15. The number of carbonyl (C=O) groups is 1. The molecule has 0 radical (unpaired) electrons. The summed E-state index contributed by atoms with van der Waals surface area (Å²) in [5, 5.41) is 7.75. The first-order chi connectivity index (χ1) is 15.6. The van der Waals surface area contributed by atoms with Crippen LogP contribution in [0.2, 0.25) is 0 Å². The molecule has 0 spiro atoms. The van der Waals surface area contributed by atoms with Gasteiger partial charge in [-0.15, -0.1) is 0 Å². The number of hydrogen-bond donors (Lipinski definition) is 2. The Hall–Kier alpha value is -2.84. The molecule has 174 valence electrons. The van der Waals surface area contributed by atoms with Crippen molar-refractivity contribution < 1.29 is 13.6 Å². The zero-order valence-electron chi connectivity index (χ0n) is 19.1. The van der Waals surface area contributed by atoms with Gasteiger partial charge in [-0.3, -0.25) is 9.89 Å². The lowest BCUT2D eigenvalue weighted by Gasteiger charge is -2.38. The van der Waals surface area contributed by atoms with Gasteiger partial charge in [0.2, 0.25) is 11.8 Å². The third-order valence-corrected chi connectivity index (χ3v) is 8.36. The van der Waals surface area contributed by atoms with E-state index in [9.17, 15) is 13.6 Å². The summed E-state index contributed by atoms with van der Waals surface area (Å²) in [4.78, 5) is 27.2. The third kappa shape index (κ3) is 3.27. The minimum atomic E-state index is -2.67. The number of fused-ring (bicyclic) bond motifs is 3. The van der Waals surface area contributed by atoms with E-state index in [0.717, 1.165) is 24.5 Å². The van der Waals surface area contributed by atoms with Crippen LogP contribution in [-0.2, 0) is 17.6 Å². The predicted molar refractivity (Wildman–Crippen MR) is 120 cm³/mol. The standard InChI is InChI=1S/C24H28F2N6O/c1-22(4-6-24(25,26)7-5-22)21(33)32(3)14-9-16-19(27-12-14)29-20(28-16)18-15-8-13-10-23(13,2)11-17(15)30-31-18/h9,12-13H,4-8,10-11H2,1-3H3,(H,30,31)(H,27,28,29)/t13-,23-/m1/s1. The van der Waals surface area contributed by atoms with Gasteiger partial charge in [-0.05, 0) is 49.5 Å². The van der Waals surface area contributed by atoms with Gasteiger partial charge in [0.1, 0.15) is 5.69 Å². The number of aromatic nitrogens is 5. The maximum atomic E-state index is 13.6. The number of pyridine rings is 1. The molecule has 2 saturated carbocycles. The summed E-state index contributed by atoms with van der Waals surface area (Å²) in [6, 6.07) is 1.84. The Bertz CT molecular complexity index is 1270. The number of amides is 1. The molecule has 2 atom stereocenters. The molecule has 2 N–H and O–H groups in total. The lowest BCUT2D eigenvalue weighted by molar-refractivity contribution is -0.134. The number of carbonyl (C=O) groups excluding carboxylic acids is 1. The molecule has 33 heavy (non-hydrogen) atoms. The second kappa shape index (κ2) is 6.61. The third-order valence-electron chi connectivity index (χ3n) is 8.36. The van der Waals surface area contributed by atoms with E-state index in [4.69, 9.17) is 0 Å². The molecule has 0 aliphatic heterocycles. The van der Waals surface area contributed by atoms with Crippen LogP contribution in [0.25, 0.3) is 22.7 Å². The molecule has 1 amide bonds. The number of nitrogens with zero attached hydrogens (tertiary/aromatic N) is 4. The topological polar surface area (TPSA) is 90.6 Å². The van der Waals surface area contributed by atoms with Crippen molar-refractivity contribution in [3.8, 4) is 11.5 Å². The first-order valence-corrected chi connectivity index (χ1v) is 11.7. The average molecular weight is 455 g/mol. The summed E-state index contributed by atoms with van der Waals surface area (Å²) < 4.78 is 27.2. The SMILES string of the molecule is CN(C(=O)C1(C)CCC(F)(F)CC1)c1cnc2nc(-c3n[nH]c4c3C[C@@H]3C[C@]3(C)C4)[nH]c2c1. The average Bonchev–Trinajstić information content (AvgIpc) is 3.09. The van der Waals surface area contributed by atoms with Crippen molar-refractivity contribution in [3.05, 3.63) is 23.5 Å². The number of imidazole rings is 1. The fraction of sp³-hybridized carbons (Fsp3) is 0.583. The maximum absolute atomic E-state index is 13.6. The zero-order valence-corrected chi connectivity index (χ0v) is 19.1. The van der Waals surface area contributed by atoms with Crippen LogP contribution in [0.1, 0.15) is 57.2 Å².